The summed E-state index contributed by atoms with van der Waals surface area (Å²) >= 11 is 0. The van der Waals surface area contributed by atoms with Gasteiger partial charge in [0.15, 0.2) is 28.8 Å². The normalized spacial score (nSPS) is 26.0. The number of rotatable bonds is 10. The van der Waals surface area contributed by atoms with Crippen LogP contribution in [0.1, 0.15) is 100.0 Å². The summed E-state index contributed by atoms with van der Waals surface area (Å²) in [6.07, 6.45) is 7.79. The molecule has 6 nitrogen and oxygen atoms in total. The molecule has 0 unspecified atom stereocenters. The second-order valence-corrected chi connectivity index (χ2v) is 14.3. The Morgan fingerprint density at radius 1 is 0.909 bits per heavy atom. The summed E-state index contributed by atoms with van der Waals surface area (Å²) in [6, 6.07) is 3.65. The number of allylic oxidation sites excluding steroid dienone is 8. The molecule has 2 aliphatic carbocycles. The van der Waals surface area contributed by atoms with Gasteiger partial charge < -0.3 is 15.3 Å². The zero-order valence-electron chi connectivity index (χ0n) is 27.9. The van der Waals surface area contributed by atoms with Crippen molar-refractivity contribution in [2.24, 2.45) is 28.1 Å². The van der Waals surface area contributed by atoms with Crippen molar-refractivity contribution in [2.45, 2.75) is 94.4 Å². The first-order valence-electron chi connectivity index (χ1n) is 15.5. The maximum atomic E-state index is 15.2. The summed E-state index contributed by atoms with van der Waals surface area (Å²) in [5.41, 5.74) is -0.453. The third kappa shape index (κ3) is 6.00. The number of aliphatic hydroxyl groups excluding tert-OH is 1. The van der Waals surface area contributed by atoms with Gasteiger partial charge in [-0.25, -0.2) is 0 Å². The van der Waals surface area contributed by atoms with Crippen molar-refractivity contribution in [3.8, 4) is 11.5 Å². The largest absolute Gasteiger partial charge is 0.506 e. The molecule has 0 radical (unpaired) electrons. The van der Waals surface area contributed by atoms with Gasteiger partial charge in [-0.3, -0.25) is 14.4 Å². The maximum Gasteiger partial charge on any atom is 0.184 e. The number of phenols is 2. The molecule has 44 heavy (non-hydrogen) atoms. The molecule has 0 heterocycles. The lowest BCUT2D eigenvalue weighted by Crippen LogP contribution is -2.69. The van der Waals surface area contributed by atoms with Gasteiger partial charge in [0, 0.05) is 5.56 Å². The highest BCUT2D eigenvalue weighted by molar-refractivity contribution is 6.41. The molecule has 1 aromatic carbocycles. The highest BCUT2D eigenvalue weighted by atomic mass is 16.3. The summed E-state index contributed by atoms with van der Waals surface area (Å²) in [5.74, 6) is -3.61. The topological polar surface area (TPSA) is 112 Å². The predicted octanol–water partition coefficient (Wildman–Crippen LogP) is 8.76. The van der Waals surface area contributed by atoms with Crippen LogP contribution in [0.25, 0.3) is 5.76 Å². The van der Waals surface area contributed by atoms with E-state index >= 15 is 4.79 Å². The van der Waals surface area contributed by atoms with Gasteiger partial charge in [-0.2, -0.15) is 0 Å². The Hall–Kier alpha value is -3.67. The van der Waals surface area contributed by atoms with E-state index in [0.717, 1.165) is 28.4 Å². The minimum absolute atomic E-state index is 0.0110. The Bertz CT molecular complexity index is 1490. The monoisotopic (exact) mass is 602 g/mol. The minimum Gasteiger partial charge on any atom is -0.506 e. The van der Waals surface area contributed by atoms with Gasteiger partial charge in [-0.15, -0.1) is 0 Å². The Labute approximate surface area is 263 Å². The van der Waals surface area contributed by atoms with Gasteiger partial charge in [0.25, 0.3) is 0 Å². The number of carbonyl (C=O) groups excluding carboxylic acids is 3. The van der Waals surface area contributed by atoms with E-state index in [-0.39, 0.29) is 42.4 Å². The van der Waals surface area contributed by atoms with Gasteiger partial charge >= 0.3 is 0 Å². The lowest BCUT2D eigenvalue weighted by molar-refractivity contribution is -0.177. The molecule has 3 N–H and O–H groups in total. The van der Waals surface area contributed by atoms with Gasteiger partial charge in [-0.1, -0.05) is 60.9 Å². The van der Waals surface area contributed by atoms with E-state index in [9.17, 15) is 24.9 Å². The number of hydrogen-bond donors (Lipinski definition) is 3. The molecule has 0 aliphatic heterocycles. The average Bonchev–Trinajstić information content (AvgIpc) is 2.91. The molecule has 2 fully saturated rings. The van der Waals surface area contributed by atoms with Gasteiger partial charge in [0.05, 0.1) is 5.41 Å². The standard InChI is InChI=1S/C38H50O6/c1-22(2)11-13-27(25(7)8)20-37-21-28(15-12-23(3)4)36(9,10)38(35(37)44,18-17-24(5)6)34(43)31(33(37)42)32(41)26-14-16-29(39)30(40)19-26/h11-12,14,16-17,19,27-28,39-41H,7,13,15,18,20-21H2,1-6,8-10H3/b32-31+/t27-,28-,37-,38+/m1/s1. The summed E-state index contributed by atoms with van der Waals surface area (Å²) in [5, 5.41) is 31.7. The summed E-state index contributed by atoms with van der Waals surface area (Å²) in [7, 11) is 0. The Morgan fingerprint density at radius 3 is 2.02 bits per heavy atom. The van der Waals surface area contributed by atoms with Crippen molar-refractivity contribution in [3.05, 3.63) is 76.4 Å². The van der Waals surface area contributed by atoms with Crippen LogP contribution in [-0.2, 0) is 14.4 Å². The van der Waals surface area contributed by atoms with E-state index in [1.165, 1.54) is 12.1 Å². The van der Waals surface area contributed by atoms with Crippen molar-refractivity contribution in [1.82, 2.24) is 0 Å². The lowest BCUT2D eigenvalue weighted by Gasteiger charge is -2.60. The van der Waals surface area contributed by atoms with Crippen LogP contribution in [0.3, 0.4) is 0 Å². The molecule has 2 bridgehead atoms. The Morgan fingerprint density at radius 2 is 1.50 bits per heavy atom. The van der Waals surface area contributed by atoms with E-state index in [1.807, 2.05) is 68.4 Å². The molecular formula is C38H50O6. The van der Waals surface area contributed by atoms with Crippen LogP contribution < -0.4 is 0 Å². The number of phenolic OH excluding ortho intramolecular Hbond substituents is 2. The van der Waals surface area contributed by atoms with Crippen molar-refractivity contribution in [2.75, 3.05) is 0 Å². The summed E-state index contributed by atoms with van der Waals surface area (Å²) in [6.45, 7) is 21.9. The molecule has 1 aromatic rings. The van der Waals surface area contributed by atoms with Crippen LogP contribution in [0.5, 0.6) is 11.5 Å². The van der Waals surface area contributed by atoms with E-state index in [2.05, 4.69) is 18.7 Å². The average molecular weight is 603 g/mol. The highest BCUT2D eigenvalue weighted by Crippen LogP contribution is 2.66. The SMILES string of the molecule is C=C(C)[C@H](CC=C(C)C)C[C@@]12C[C@@H](CC=C(C)C)C(C)(C)[C@@](CC=C(C)C)(C(=O)/C(=C(/O)c3ccc(O)c(O)c3)C1=O)C2=O. The highest BCUT2D eigenvalue weighted by Gasteiger charge is 2.74. The van der Waals surface area contributed by atoms with Gasteiger partial charge in [-0.05, 0) is 116 Å². The number of fused-ring (bicyclic) bond motifs is 2. The molecule has 238 valence electrons. The van der Waals surface area contributed by atoms with Crippen LogP contribution in [0.2, 0.25) is 0 Å². The number of hydrogen-bond acceptors (Lipinski definition) is 6. The molecule has 2 aliphatic rings. The second-order valence-electron chi connectivity index (χ2n) is 14.3. The molecule has 4 atom stereocenters. The van der Waals surface area contributed by atoms with Crippen molar-refractivity contribution in [1.29, 1.82) is 0 Å². The zero-order valence-corrected chi connectivity index (χ0v) is 27.9. The first kappa shape index (κ1) is 34.8. The fraction of sp³-hybridized carbons (Fsp3) is 0.500. The number of ketones is 3. The Kier molecular flexibility index (Phi) is 10.1. The van der Waals surface area contributed by atoms with E-state index in [0.29, 0.717) is 12.8 Å². The maximum absolute atomic E-state index is 15.2. The number of aliphatic hydroxyl groups is 1. The number of carbonyl (C=O) groups is 3. The lowest BCUT2D eigenvalue weighted by atomic mass is 9.38. The van der Waals surface area contributed by atoms with Crippen LogP contribution in [0.15, 0.2) is 70.9 Å². The second kappa shape index (κ2) is 12.7. The van der Waals surface area contributed by atoms with Crippen LogP contribution in [-0.4, -0.2) is 32.7 Å². The van der Waals surface area contributed by atoms with Crippen molar-refractivity contribution >= 4 is 23.1 Å². The van der Waals surface area contributed by atoms with E-state index < -0.39 is 50.6 Å². The molecule has 0 saturated heterocycles. The van der Waals surface area contributed by atoms with Crippen molar-refractivity contribution < 1.29 is 29.7 Å². The minimum atomic E-state index is -1.62. The zero-order chi connectivity index (χ0) is 33.4. The molecule has 6 heteroatoms. The molecule has 0 amide bonds. The molecule has 0 aromatic heterocycles. The fourth-order valence-electron chi connectivity index (χ4n) is 7.08. The first-order chi connectivity index (χ1) is 20.3. The third-order valence-corrected chi connectivity index (χ3v) is 10.0. The van der Waals surface area contributed by atoms with Crippen LogP contribution >= 0.6 is 0 Å². The number of benzene rings is 1. The van der Waals surface area contributed by atoms with Gasteiger partial charge in [0.2, 0.25) is 0 Å². The Balaban J connectivity index is 2.47. The molecule has 0 spiro atoms. The summed E-state index contributed by atoms with van der Waals surface area (Å²) < 4.78 is 0. The smallest absolute Gasteiger partial charge is 0.184 e. The number of Topliss-reactive ketones (excluding diaryl/α,β-unsaturated/α-hetero) is 3. The molecular weight excluding hydrogens is 552 g/mol. The fourth-order valence-corrected chi connectivity index (χ4v) is 7.08. The molecule has 3 rings (SSSR count). The third-order valence-electron chi connectivity index (χ3n) is 10.0. The van der Waals surface area contributed by atoms with Crippen molar-refractivity contribution in [3.63, 3.8) is 0 Å². The van der Waals surface area contributed by atoms with Crippen LogP contribution in [0, 0.1) is 28.1 Å². The summed E-state index contributed by atoms with van der Waals surface area (Å²) in [4.78, 5) is 44.9. The number of aromatic hydroxyl groups is 2. The predicted molar refractivity (Wildman–Crippen MR) is 176 cm³/mol. The van der Waals surface area contributed by atoms with Gasteiger partial charge in [0.1, 0.15) is 16.7 Å². The van der Waals surface area contributed by atoms with E-state index in [1.54, 1.807) is 0 Å². The van der Waals surface area contributed by atoms with Crippen LogP contribution in [0.4, 0.5) is 0 Å². The first-order valence-corrected chi connectivity index (χ1v) is 15.5. The van der Waals surface area contributed by atoms with E-state index in [4.69, 9.17) is 0 Å². The quantitative estimate of drug-likeness (QED) is 0.0616. The molecule has 2 saturated carbocycles.